The second kappa shape index (κ2) is 6.92. The van der Waals surface area contributed by atoms with Gasteiger partial charge in [-0.05, 0) is 12.5 Å². The van der Waals surface area contributed by atoms with Gasteiger partial charge in [0, 0.05) is 5.56 Å². The Morgan fingerprint density at radius 3 is 2.64 bits per heavy atom. The fourth-order valence-corrected chi connectivity index (χ4v) is 1.95. The summed E-state index contributed by atoms with van der Waals surface area (Å²) in [5.41, 5.74) is 6.81. The highest BCUT2D eigenvalue weighted by Crippen LogP contribution is 2.18. The summed E-state index contributed by atoms with van der Waals surface area (Å²) in [6, 6.07) is 7.33. The Balaban J connectivity index is 2.00. The lowest BCUT2D eigenvalue weighted by Gasteiger charge is -2.22. The molecular formula is C14H19N5O3. The number of aromatic amines is 1. The third kappa shape index (κ3) is 3.54. The first-order valence-electron chi connectivity index (χ1n) is 6.74. The molecule has 0 unspecified atom stereocenters. The fraction of sp³-hybridized carbons (Fsp3) is 0.286. The van der Waals surface area contributed by atoms with E-state index in [4.69, 9.17) is 5.73 Å². The average Bonchev–Trinajstić information content (AvgIpc) is 2.85. The maximum atomic E-state index is 11.9. The molecule has 2 atom stereocenters. The first kappa shape index (κ1) is 15.8. The monoisotopic (exact) mass is 305 g/mol. The van der Waals surface area contributed by atoms with Crippen molar-refractivity contribution in [3.8, 4) is 0 Å². The van der Waals surface area contributed by atoms with E-state index in [2.05, 4.69) is 20.8 Å². The highest BCUT2D eigenvalue weighted by atomic mass is 16.3. The van der Waals surface area contributed by atoms with Crippen LogP contribution in [0.15, 0.2) is 30.3 Å². The minimum atomic E-state index is -1.03. The lowest BCUT2D eigenvalue weighted by Crippen LogP contribution is -2.44. The fourth-order valence-electron chi connectivity index (χ4n) is 1.95. The van der Waals surface area contributed by atoms with Crippen molar-refractivity contribution in [2.24, 2.45) is 0 Å². The molecule has 0 radical (unpaired) electrons. The van der Waals surface area contributed by atoms with Gasteiger partial charge in [0.15, 0.2) is 5.82 Å². The lowest BCUT2D eigenvalue weighted by atomic mass is 10.0. The van der Waals surface area contributed by atoms with Gasteiger partial charge in [-0.1, -0.05) is 30.3 Å². The van der Waals surface area contributed by atoms with Crippen molar-refractivity contribution in [3.05, 3.63) is 41.5 Å². The summed E-state index contributed by atoms with van der Waals surface area (Å²) in [5.74, 6) is 0.652. The number of H-pyrrole nitrogens is 1. The third-order valence-electron chi connectivity index (χ3n) is 3.31. The van der Waals surface area contributed by atoms with Crippen LogP contribution in [0.3, 0.4) is 0 Å². The number of carbonyl (C=O) groups excluding carboxylic acids is 1. The Morgan fingerprint density at radius 2 is 2.09 bits per heavy atom. The van der Waals surface area contributed by atoms with Gasteiger partial charge in [-0.3, -0.25) is 10.4 Å². The number of urea groups is 1. The molecule has 22 heavy (non-hydrogen) atoms. The molecule has 0 aliphatic carbocycles. The van der Waals surface area contributed by atoms with Crippen molar-refractivity contribution in [2.45, 2.75) is 19.1 Å². The zero-order chi connectivity index (χ0) is 16.1. The van der Waals surface area contributed by atoms with Crippen molar-refractivity contribution in [1.29, 1.82) is 0 Å². The Labute approximate surface area is 127 Å². The van der Waals surface area contributed by atoms with E-state index in [1.165, 1.54) is 0 Å². The number of amides is 2. The van der Waals surface area contributed by atoms with E-state index < -0.39 is 24.8 Å². The lowest BCUT2D eigenvalue weighted by molar-refractivity contribution is 0.0950. The van der Waals surface area contributed by atoms with Crippen LogP contribution in [0.5, 0.6) is 0 Å². The quantitative estimate of drug-likeness (QED) is 0.478. The van der Waals surface area contributed by atoms with Gasteiger partial charge < -0.3 is 21.3 Å². The minimum absolute atomic E-state index is 0.292. The number of aliphatic hydroxyl groups excluding tert-OH is 2. The summed E-state index contributed by atoms with van der Waals surface area (Å²) < 4.78 is 0. The maximum absolute atomic E-state index is 11.9. The second-order valence-electron chi connectivity index (χ2n) is 4.85. The predicted octanol–water partition coefficient (Wildman–Crippen LogP) is 0.516. The van der Waals surface area contributed by atoms with Gasteiger partial charge in [-0.15, -0.1) is 0 Å². The molecule has 2 rings (SSSR count). The molecule has 0 bridgehead atoms. The summed E-state index contributed by atoms with van der Waals surface area (Å²) in [4.78, 5) is 11.9. The number of aromatic nitrogens is 2. The molecule has 2 aromatic rings. The number of aliphatic hydroxyl groups is 2. The van der Waals surface area contributed by atoms with Crippen LogP contribution < -0.4 is 16.4 Å². The molecule has 1 heterocycles. The number of nitrogens with zero attached hydrogens (tertiary/aromatic N) is 1. The number of hydrogen-bond acceptors (Lipinski definition) is 5. The molecule has 8 nitrogen and oxygen atoms in total. The molecule has 0 fully saturated rings. The average molecular weight is 305 g/mol. The zero-order valence-corrected chi connectivity index (χ0v) is 12.1. The Morgan fingerprint density at radius 1 is 1.41 bits per heavy atom. The van der Waals surface area contributed by atoms with Crippen molar-refractivity contribution in [1.82, 2.24) is 15.5 Å². The summed E-state index contributed by atoms with van der Waals surface area (Å²) >= 11 is 0. The molecule has 0 saturated carbocycles. The smallest absolute Gasteiger partial charge is 0.320 e. The van der Waals surface area contributed by atoms with Crippen LogP contribution in [0.25, 0.3) is 0 Å². The Kier molecular flexibility index (Phi) is 4.97. The standard InChI is InChI=1S/C14H19N5O3/c1-8-12(15)18-19-13(8)17-14(22)16-10(7-20)11(21)9-5-3-2-4-6-9/h2-6,10-11,20-21H,7H2,1H3,(H5,15,16,17,18,19,22)/t10-,11-/m1/s1. The van der Waals surface area contributed by atoms with Gasteiger partial charge in [0.25, 0.3) is 0 Å². The Hall–Kier alpha value is -2.58. The number of anilines is 2. The summed E-state index contributed by atoms with van der Waals surface area (Å²) in [5, 5.41) is 31.0. The summed E-state index contributed by atoms with van der Waals surface area (Å²) in [7, 11) is 0. The molecule has 8 heteroatoms. The van der Waals surface area contributed by atoms with E-state index >= 15 is 0 Å². The van der Waals surface area contributed by atoms with E-state index in [-0.39, 0.29) is 0 Å². The van der Waals surface area contributed by atoms with Crippen molar-refractivity contribution in [3.63, 3.8) is 0 Å². The number of hydrogen-bond donors (Lipinski definition) is 6. The summed E-state index contributed by atoms with van der Waals surface area (Å²) in [6.45, 7) is 1.29. The van der Waals surface area contributed by atoms with E-state index in [0.29, 0.717) is 22.8 Å². The molecule has 0 aliphatic rings. The van der Waals surface area contributed by atoms with Crippen LogP contribution in [-0.2, 0) is 0 Å². The number of nitrogens with two attached hydrogens (primary N) is 1. The van der Waals surface area contributed by atoms with Crippen LogP contribution in [0.1, 0.15) is 17.2 Å². The number of nitrogens with one attached hydrogen (secondary N) is 3. The van der Waals surface area contributed by atoms with Crippen molar-refractivity contribution >= 4 is 17.7 Å². The molecule has 0 spiro atoms. The van der Waals surface area contributed by atoms with Gasteiger partial charge in [0.1, 0.15) is 11.9 Å². The van der Waals surface area contributed by atoms with Gasteiger partial charge in [0.05, 0.1) is 12.6 Å². The number of benzene rings is 1. The minimum Gasteiger partial charge on any atom is -0.394 e. The van der Waals surface area contributed by atoms with Crippen molar-refractivity contribution < 1.29 is 15.0 Å². The van der Waals surface area contributed by atoms with E-state index in [0.717, 1.165) is 0 Å². The predicted molar refractivity (Wildman–Crippen MR) is 82.2 cm³/mol. The van der Waals surface area contributed by atoms with Crippen LogP contribution in [0.4, 0.5) is 16.4 Å². The van der Waals surface area contributed by atoms with Gasteiger partial charge in [0.2, 0.25) is 0 Å². The number of rotatable bonds is 5. The SMILES string of the molecule is Cc1c(NC(=O)N[C@H](CO)[C@H](O)c2ccccc2)n[nH]c1N. The van der Waals surface area contributed by atoms with Crippen LogP contribution >= 0.6 is 0 Å². The molecule has 1 aromatic carbocycles. The maximum Gasteiger partial charge on any atom is 0.320 e. The van der Waals surface area contributed by atoms with E-state index in [1.807, 2.05) is 6.07 Å². The molecular weight excluding hydrogens is 286 g/mol. The third-order valence-corrected chi connectivity index (χ3v) is 3.31. The topological polar surface area (TPSA) is 136 Å². The number of carbonyl (C=O) groups is 1. The Bertz CT molecular complexity index is 629. The normalized spacial score (nSPS) is 13.4. The highest BCUT2D eigenvalue weighted by Gasteiger charge is 2.22. The molecule has 118 valence electrons. The van der Waals surface area contributed by atoms with Gasteiger partial charge in [-0.25, -0.2) is 4.79 Å². The molecule has 0 saturated heterocycles. The largest absolute Gasteiger partial charge is 0.394 e. The van der Waals surface area contributed by atoms with Crippen LogP contribution in [0.2, 0.25) is 0 Å². The zero-order valence-electron chi connectivity index (χ0n) is 12.1. The summed E-state index contributed by atoms with van der Waals surface area (Å²) in [6.07, 6.45) is -1.03. The van der Waals surface area contributed by atoms with Crippen molar-refractivity contribution in [2.75, 3.05) is 17.7 Å². The first-order valence-corrected chi connectivity index (χ1v) is 6.74. The van der Waals surface area contributed by atoms with E-state index in [9.17, 15) is 15.0 Å². The van der Waals surface area contributed by atoms with E-state index in [1.54, 1.807) is 31.2 Å². The molecule has 2 amide bonds. The molecule has 0 aliphatic heterocycles. The van der Waals surface area contributed by atoms with Crippen LogP contribution in [0, 0.1) is 6.92 Å². The molecule has 7 N–H and O–H groups in total. The second-order valence-corrected chi connectivity index (χ2v) is 4.85. The first-order chi connectivity index (χ1) is 10.5. The van der Waals surface area contributed by atoms with Gasteiger partial charge >= 0.3 is 6.03 Å². The van der Waals surface area contributed by atoms with Gasteiger partial charge in [-0.2, -0.15) is 5.10 Å². The van der Waals surface area contributed by atoms with Crippen LogP contribution in [-0.4, -0.2) is 39.1 Å². The number of nitrogen functional groups attached to an aromatic ring is 1. The highest BCUT2D eigenvalue weighted by molar-refractivity contribution is 5.89. The molecule has 1 aromatic heterocycles.